The largest absolute Gasteiger partial charge is 0.480 e. The van der Waals surface area contributed by atoms with E-state index in [1.165, 1.54) is 0 Å². The van der Waals surface area contributed by atoms with Gasteiger partial charge in [0.1, 0.15) is 6.04 Å². The molecule has 18 heavy (non-hydrogen) atoms. The predicted molar refractivity (Wildman–Crippen MR) is 56.0 cm³/mol. The van der Waals surface area contributed by atoms with E-state index in [1.807, 2.05) is 0 Å². The van der Waals surface area contributed by atoms with Crippen LogP contribution in [0.4, 0.5) is 13.2 Å². The number of halogens is 3. The van der Waals surface area contributed by atoms with Crippen molar-refractivity contribution in [2.75, 3.05) is 0 Å². The standard InChI is InChI=1S/C11H10F3NO3/c12-11(13,14)7-3-1-6(2-4-7)9(16)5-8(15)10(17)18/h1-4,8H,5,15H2,(H,17,18)/i5D2. The monoisotopic (exact) mass is 263 g/mol. The van der Waals surface area contributed by atoms with Crippen molar-refractivity contribution in [2.45, 2.75) is 18.6 Å². The number of hydrogen-bond donors (Lipinski definition) is 2. The highest BCUT2D eigenvalue weighted by Gasteiger charge is 2.30. The van der Waals surface area contributed by atoms with Crippen molar-refractivity contribution < 1.29 is 30.6 Å². The molecule has 0 amide bonds. The first-order valence-electron chi connectivity index (χ1n) is 5.68. The lowest BCUT2D eigenvalue weighted by Crippen LogP contribution is -2.32. The number of Topliss-reactive ketones (excluding diaryl/α,β-unsaturated/α-hetero) is 1. The zero-order valence-corrected chi connectivity index (χ0v) is 8.86. The number of nitrogens with two attached hydrogens (primary N) is 1. The van der Waals surface area contributed by atoms with Gasteiger partial charge in [-0.3, -0.25) is 9.59 Å². The number of rotatable bonds is 4. The van der Waals surface area contributed by atoms with E-state index in [9.17, 15) is 22.8 Å². The highest BCUT2D eigenvalue weighted by Crippen LogP contribution is 2.29. The number of carbonyl (C=O) groups is 2. The normalized spacial score (nSPS) is 15.6. The summed E-state index contributed by atoms with van der Waals surface area (Å²) in [7, 11) is 0. The van der Waals surface area contributed by atoms with Crippen molar-refractivity contribution in [1.29, 1.82) is 0 Å². The minimum absolute atomic E-state index is 0.389. The van der Waals surface area contributed by atoms with Crippen LogP contribution in [0.5, 0.6) is 0 Å². The lowest BCUT2D eigenvalue weighted by Gasteiger charge is -2.08. The summed E-state index contributed by atoms with van der Waals surface area (Å²) in [6, 6.07) is 0.651. The Labute approximate surface area is 103 Å². The summed E-state index contributed by atoms with van der Waals surface area (Å²) in [5.74, 6) is -3.02. The second kappa shape index (κ2) is 5.18. The Kier molecular flexibility index (Phi) is 3.22. The maximum absolute atomic E-state index is 12.3. The Morgan fingerprint density at radius 3 is 2.22 bits per heavy atom. The summed E-state index contributed by atoms with van der Waals surface area (Å²) in [6.45, 7) is 0. The van der Waals surface area contributed by atoms with Crippen molar-refractivity contribution in [3.63, 3.8) is 0 Å². The second-order valence-electron chi connectivity index (χ2n) is 3.36. The quantitative estimate of drug-likeness (QED) is 0.810. The molecule has 1 unspecified atom stereocenters. The number of carbonyl (C=O) groups excluding carboxylic acids is 1. The minimum Gasteiger partial charge on any atom is -0.480 e. The van der Waals surface area contributed by atoms with Crippen molar-refractivity contribution in [3.05, 3.63) is 35.4 Å². The molecule has 1 rings (SSSR count). The molecule has 0 saturated heterocycles. The van der Waals surface area contributed by atoms with Gasteiger partial charge >= 0.3 is 12.1 Å². The van der Waals surface area contributed by atoms with Crippen LogP contribution in [-0.4, -0.2) is 22.9 Å². The first-order chi connectivity index (χ1) is 8.98. The molecule has 0 saturated carbocycles. The van der Waals surface area contributed by atoms with Gasteiger partial charge in [0.05, 0.1) is 5.56 Å². The zero-order valence-electron chi connectivity index (χ0n) is 10.9. The van der Waals surface area contributed by atoms with E-state index in [4.69, 9.17) is 13.6 Å². The number of alkyl halides is 3. The summed E-state index contributed by atoms with van der Waals surface area (Å²) in [6.07, 6.45) is -7.51. The Balaban J connectivity index is 3.07. The summed E-state index contributed by atoms with van der Waals surface area (Å²) in [5.41, 5.74) is 3.66. The van der Waals surface area contributed by atoms with Crippen molar-refractivity contribution in [1.82, 2.24) is 0 Å². The first-order valence-corrected chi connectivity index (χ1v) is 4.68. The molecular formula is C11H10F3NO3. The molecule has 0 spiro atoms. The van der Waals surface area contributed by atoms with Crippen LogP contribution in [0.1, 0.15) is 25.0 Å². The van der Waals surface area contributed by atoms with E-state index in [2.05, 4.69) is 0 Å². The molecule has 98 valence electrons. The minimum atomic E-state index is -4.59. The molecule has 0 bridgehead atoms. The van der Waals surface area contributed by atoms with Crippen LogP contribution in [-0.2, 0) is 11.0 Å². The van der Waals surface area contributed by atoms with E-state index in [-0.39, 0.29) is 5.56 Å². The SMILES string of the molecule is [2H]C([2H])(C(=O)c1ccc(C(F)(F)F)cc1)C(N)C(=O)O. The number of aliphatic carboxylic acids is 1. The smallest absolute Gasteiger partial charge is 0.416 e. The highest BCUT2D eigenvalue weighted by molar-refractivity contribution is 5.98. The number of benzene rings is 1. The number of carboxylic acid groups (broad SMARTS) is 1. The van der Waals surface area contributed by atoms with Gasteiger partial charge < -0.3 is 10.8 Å². The van der Waals surface area contributed by atoms with E-state index in [0.29, 0.717) is 12.1 Å². The van der Waals surface area contributed by atoms with Crippen LogP contribution in [0.2, 0.25) is 0 Å². The van der Waals surface area contributed by atoms with Gasteiger partial charge in [-0.1, -0.05) is 12.1 Å². The fourth-order valence-electron chi connectivity index (χ4n) is 1.10. The maximum atomic E-state index is 12.3. The number of hydrogen-bond acceptors (Lipinski definition) is 3. The van der Waals surface area contributed by atoms with Crippen LogP contribution in [0.25, 0.3) is 0 Å². The van der Waals surface area contributed by atoms with E-state index >= 15 is 0 Å². The van der Waals surface area contributed by atoms with Gasteiger partial charge in [-0.25, -0.2) is 0 Å². The van der Waals surface area contributed by atoms with Crippen LogP contribution >= 0.6 is 0 Å². The van der Waals surface area contributed by atoms with Gasteiger partial charge in [0.2, 0.25) is 0 Å². The molecular weight excluding hydrogens is 251 g/mol. The van der Waals surface area contributed by atoms with Gasteiger partial charge in [-0.05, 0) is 12.1 Å². The van der Waals surface area contributed by atoms with Gasteiger partial charge in [0, 0.05) is 14.7 Å². The van der Waals surface area contributed by atoms with Crippen LogP contribution in [0, 0.1) is 0 Å². The Morgan fingerprint density at radius 1 is 1.33 bits per heavy atom. The van der Waals surface area contributed by atoms with Crippen LogP contribution in [0.15, 0.2) is 24.3 Å². The van der Waals surface area contributed by atoms with E-state index in [0.717, 1.165) is 12.1 Å². The summed E-state index contributed by atoms with van der Waals surface area (Å²) >= 11 is 0. The summed E-state index contributed by atoms with van der Waals surface area (Å²) < 4.78 is 51.7. The van der Waals surface area contributed by atoms with E-state index in [1.54, 1.807) is 0 Å². The lowest BCUT2D eigenvalue weighted by molar-refractivity contribution is -0.138. The molecule has 7 heteroatoms. The van der Waals surface area contributed by atoms with Gasteiger partial charge in [0.25, 0.3) is 0 Å². The number of carboxylic acids is 1. The molecule has 0 aromatic heterocycles. The molecule has 1 aromatic carbocycles. The molecule has 0 radical (unpaired) electrons. The Hall–Kier alpha value is -1.89. The topological polar surface area (TPSA) is 80.4 Å². The Morgan fingerprint density at radius 2 is 1.83 bits per heavy atom. The summed E-state index contributed by atoms with van der Waals surface area (Å²) in [5, 5.41) is 8.60. The molecule has 0 aliphatic carbocycles. The first kappa shape index (κ1) is 11.2. The Bertz CT molecular complexity index is 529. The molecule has 4 nitrogen and oxygen atoms in total. The van der Waals surface area contributed by atoms with Crippen molar-refractivity contribution in [2.24, 2.45) is 5.73 Å². The average Bonchev–Trinajstić information content (AvgIpc) is 2.35. The lowest BCUT2D eigenvalue weighted by atomic mass is 10.0. The highest BCUT2D eigenvalue weighted by atomic mass is 19.4. The summed E-state index contributed by atoms with van der Waals surface area (Å²) in [4.78, 5) is 22.4. The molecule has 0 aliphatic heterocycles. The third-order valence-corrected chi connectivity index (χ3v) is 2.03. The second-order valence-corrected chi connectivity index (χ2v) is 3.36. The molecule has 0 heterocycles. The van der Waals surface area contributed by atoms with Gasteiger partial charge in [-0.2, -0.15) is 13.2 Å². The molecule has 1 atom stereocenters. The third kappa shape index (κ3) is 3.56. The molecule has 0 fully saturated rings. The van der Waals surface area contributed by atoms with Crippen molar-refractivity contribution in [3.8, 4) is 0 Å². The van der Waals surface area contributed by atoms with Crippen LogP contribution < -0.4 is 5.73 Å². The maximum Gasteiger partial charge on any atom is 0.416 e. The van der Waals surface area contributed by atoms with Gasteiger partial charge in [-0.15, -0.1) is 0 Å². The molecule has 3 N–H and O–H groups in total. The fraction of sp³-hybridized carbons (Fsp3) is 0.273. The molecule has 1 aromatic rings. The fourth-order valence-corrected chi connectivity index (χ4v) is 1.10. The third-order valence-electron chi connectivity index (χ3n) is 2.03. The van der Waals surface area contributed by atoms with E-state index < -0.39 is 35.9 Å². The van der Waals surface area contributed by atoms with Crippen LogP contribution in [0.3, 0.4) is 0 Å². The van der Waals surface area contributed by atoms with Crippen molar-refractivity contribution >= 4 is 11.8 Å². The number of ketones is 1. The van der Waals surface area contributed by atoms with Gasteiger partial charge in [0.15, 0.2) is 5.78 Å². The zero-order chi connectivity index (χ0) is 15.7. The average molecular weight is 263 g/mol. The predicted octanol–water partition coefficient (Wildman–Crippen LogP) is 1.69. The molecule has 0 aliphatic rings.